The average Bonchev–Trinajstić information content (AvgIpc) is 3.24. The number of nitrogens with zero attached hydrogens (tertiary/aromatic N) is 2. The summed E-state index contributed by atoms with van der Waals surface area (Å²) in [5.41, 5.74) is 6.31. The highest BCUT2D eigenvalue weighted by atomic mass is 19.1. The van der Waals surface area contributed by atoms with Crippen molar-refractivity contribution in [2.45, 2.75) is 38.0 Å². The van der Waals surface area contributed by atoms with E-state index in [2.05, 4.69) is 15.4 Å². The second-order valence-electron chi connectivity index (χ2n) is 6.33. The number of nitrogens with two attached hydrogens (primary N) is 1. The van der Waals surface area contributed by atoms with Crippen LogP contribution in [0.4, 0.5) is 4.39 Å². The van der Waals surface area contributed by atoms with E-state index in [1.54, 1.807) is 12.1 Å². The number of likely N-dealkylation sites (tertiary alicyclic amines) is 1. The average molecular weight is 348 g/mol. The quantitative estimate of drug-likeness (QED) is 0.784. The number of amides is 2. The Bertz CT molecular complexity index is 677. The molecule has 8 heteroatoms. The van der Waals surface area contributed by atoms with Crippen molar-refractivity contribution in [1.29, 1.82) is 0 Å². The lowest BCUT2D eigenvalue weighted by atomic mass is 10.1. The van der Waals surface area contributed by atoms with Gasteiger partial charge in [-0.25, -0.2) is 4.39 Å². The number of hydrogen-bond acceptors (Lipinski definition) is 5. The first-order chi connectivity index (χ1) is 12.0. The highest BCUT2D eigenvalue weighted by Gasteiger charge is 2.32. The van der Waals surface area contributed by atoms with Gasteiger partial charge >= 0.3 is 0 Å². The molecule has 0 spiro atoms. The van der Waals surface area contributed by atoms with E-state index in [0.29, 0.717) is 13.0 Å². The van der Waals surface area contributed by atoms with Crippen LogP contribution in [0.3, 0.4) is 0 Å². The molecule has 0 bridgehead atoms. The molecule has 3 N–H and O–H groups in total. The van der Waals surface area contributed by atoms with E-state index < -0.39 is 5.91 Å². The monoisotopic (exact) mass is 348 g/mol. The first kappa shape index (κ1) is 17.3. The molecule has 1 fully saturated rings. The Morgan fingerprint density at radius 1 is 1.36 bits per heavy atom. The Hall–Kier alpha value is -2.48. The lowest BCUT2D eigenvalue weighted by molar-refractivity contribution is -0.126. The van der Waals surface area contributed by atoms with Gasteiger partial charge < -0.3 is 15.9 Å². The summed E-state index contributed by atoms with van der Waals surface area (Å²) in [5.74, 6) is -0.945. The van der Waals surface area contributed by atoms with E-state index in [1.807, 2.05) is 0 Å². The van der Waals surface area contributed by atoms with Crippen molar-refractivity contribution in [1.82, 2.24) is 10.2 Å². The van der Waals surface area contributed by atoms with Gasteiger partial charge in [0.15, 0.2) is 6.10 Å². The fourth-order valence-corrected chi connectivity index (χ4v) is 3.15. The van der Waals surface area contributed by atoms with Gasteiger partial charge in [-0.1, -0.05) is 17.3 Å². The molecule has 2 aliphatic heterocycles. The summed E-state index contributed by atoms with van der Waals surface area (Å²) in [4.78, 5) is 30.7. The van der Waals surface area contributed by atoms with E-state index >= 15 is 0 Å². The summed E-state index contributed by atoms with van der Waals surface area (Å²) >= 11 is 0. The van der Waals surface area contributed by atoms with Gasteiger partial charge in [0.25, 0.3) is 5.91 Å². The normalized spacial score (nSPS) is 23.2. The number of nitrogens with one attached hydrogen (secondary N) is 1. The van der Waals surface area contributed by atoms with Crippen LogP contribution in [0.5, 0.6) is 0 Å². The smallest absolute Gasteiger partial charge is 0.266 e. The number of rotatable bonds is 6. The molecule has 25 heavy (non-hydrogen) atoms. The number of carbonyl (C=O) groups is 2. The molecule has 1 aromatic carbocycles. The lowest BCUT2D eigenvalue weighted by Gasteiger charge is -2.24. The molecular weight excluding hydrogens is 327 g/mol. The van der Waals surface area contributed by atoms with Crippen LogP contribution < -0.4 is 11.1 Å². The van der Waals surface area contributed by atoms with E-state index in [0.717, 1.165) is 24.9 Å². The van der Waals surface area contributed by atoms with Gasteiger partial charge in [0.05, 0.1) is 12.6 Å². The molecule has 0 aliphatic carbocycles. The maximum absolute atomic E-state index is 13.0. The molecular formula is C17H21FN4O3. The molecule has 2 amide bonds. The third-order valence-corrected chi connectivity index (χ3v) is 4.49. The lowest BCUT2D eigenvalue weighted by Crippen LogP contribution is -2.45. The molecule has 134 valence electrons. The van der Waals surface area contributed by atoms with Crippen LogP contribution in [0.25, 0.3) is 0 Å². The highest BCUT2D eigenvalue weighted by Crippen LogP contribution is 2.20. The number of benzene rings is 1. The zero-order valence-corrected chi connectivity index (χ0v) is 13.8. The zero-order valence-electron chi connectivity index (χ0n) is 13.8. The molecule has 2 heterocycles. The molecule has 7 nitrogen and oxygen atoms in total. The van der Waals surface area contributed by atoms with Crippen LogP contribution in [0, 0.1) is 5.82 Å². The van der Waals surface area contributed by atoms with Gasteiger partial charge in [-0.2, -0.15) is 0 Å². The topological polar surface area (TPSA) is 97.0 Å². The predicted molar refractivity (Wildman–Crippen MR) is 89.0 cm³/mol. The van der Waals surface area contributed by atoms with Crippen molar-refractivity contribution >= 4 is 17.5 Å². The molecule has 2 atom stereocenters. The highest BCUT2D eigenvalue weighted by molar-refractivity contribution is 6.38. The van der Waals surface area contributed by atoms with Gasteiger partial charge in [-0.15, -0.1) is 0 Å². The van der Waals surface area contributed by atoms with Crippen LogP contribution in [0.1, 0.15) is 24.8 Å². The maximum atomic E-state index is 13.0. The number of carbonyl (C=O) groups excluding carboxylic acids is 2. The number of oxime groups is 1. The van der Waals surface area contributed by atoms with Crippen LogP contribution in [0.2, 0.25) is 0 Å². The van der Waals surface area contributed by atoms with E-state index in [1.165, 1.54) is 12.1 Å². The molecule has 0 aromatic heterocycles. The van der Waals surface area contributed by atoms with Crippen LogP contribution in [0.15, 0.2) is 29.4 Å². The van der Waals surface area contributed by atoms with E-state index in [9.17, 15) is 14.0 Å². The number of primary amides is 1. The summed E-state index contributed by atoms with van der Waals surface area (Å²) < 4.78 is 13.0. The van der Waals surface area contributed by atoms with Gasteiger partial charge in [0, 0.05) is 13.0 Å². The maximum Gasteiger partial charge on any atom is 0.266 e. The fraction of sp³-hybridized carbons (Fsp3) is 0.471. The van der Waals surface area contributed by atoms with E-state index in [-0.39, 0.29) is 36.1 Å². The Morgan fingerprint density at radius 3 is 2.80 bits per heavy atom. The molecule has 0 radical (unpaired) electrons. The standard InChI is InChI=1S/C17H21FN4O3/c18-12-5-3-11(4-6-12)10-22-7-1-2-15(22)17(24)20-9-13-8-14(16(19)23)21-25-13/h3-6,13,15H,1-2,7-10H2,(H2,19,23)(H,20,24). The van der Waals surface area contributed by atoms with Gasteiger partial charge in [-0.3, -0.25) is 14.5 Å². The molecule has 1 saturated heterocycles. The Labute approximate surface area is 145 Å². The summed E-state index contributed by atoms with van der Waals surface area (Å²) in [5, 5.41) is 6.48. The SMILES string of the molecule is NC(=O)C1=NOC(CNC(=O)C2CCCN2Cc2ccc(F)cc2)C1. The molecule has 3 rings (SSSR count). The van der Waals surface area contributed by atoms with Crippen molar-refractivity contribution in [3.05, 3.63) is 35.6 Å². The van der Waals surface area contributed by atoms with Gasteiger partial charge in [0.2, 0.25) is 5.91 Å². The number of hydrogen-bond donors (Lipinski definition) is 2. The second kappa shape index (κ2) is 7.60. The number of halogens is 1. The van der Waals surface area contributed by atoms with Crippen molar-refractivity contribution in [2.24, 2.45) is 10.9 Å². The van der Waals surface area contributed by atoms with Crippen LogP contribution in [-0.4, -0.2) is 47.7 Å². The first-order valence-electron chi connectivity index (χ1n) is 8.31. The zero-order chi connectivity index (χ0) is 17.8. The van der Waals surface area contributed by atoms with Crippen LogP contribution in [-0.2, 0) is 21.0 Å². The fourth-order valence-electron chi connectivity index (χ4n) is 3.15. The summed E-state index contributed by atoms with van der Waals surface area (Å²) in [6, 6.07) is 6.10. The summed E-state index contributed by atoms with van der Waals surface area (Å²) in [6.07, 6.45) is 1.66. The van der Waals surface area contributed by atoms with E-state index in [4.69, 9.17) is 10.6 Å². The largest absolute Gasteiger partial charge is 0.390 e. The Kier molecular flexibility index (Phi) is 5.28. The predicted octanol–water partition coefficient (Wildman–Crippen LogP) is 0.536. The first-order valence-corrected chi connectivity index (χ1v) is 8.31. The minimum atomic E-state index is -0.602. The Balaban J connectivity index is 1.49. The summed E-state index contributed by atoms with van der Waals surface area (Å²) in [6.45, 7) is 1.71. The van der Waals surface area contributed by atoms with Crippen molar-refractivity contribution in [3.8, 4) is 0 Å². The molecule has 2 unspecified atom stereocenters. The minimum Gasteiger partial charge on any atom is -0.390 e. The minimum absolute atomic E-state index is 0.0734. The van der Waals surface area contributed by atoms with Gasteiger partial charge in [-0.05, 0) is 37.1 Å². The van der Waals surface area contributed by atoms with Crippen molar-refractivity contribution in [3.63, 3.8) is 0 Å². The van der Waals surface area contributed by atoms with Crippen molar-refractivity contribution < 1.29 is 18.8 Å². The third kappa shape index (κ3) is 4.33. The van der Waals surface area contributed by atoms with Crippen molar-refractivity contribution in [2.75, 3.05) is 13.1 Å². The molecule has 1 aromatic rings. The summed E-state index contributed by atoms with van der Waals surface area (Å²) in [7, 11) is 0. The second-order valence-corrected chi connectivity index (χ2v) is 6.33. The van der Waals surface area contributed by atoms with Gasteiger partial charge in [0.1, 0.15) is 11.5 Å². The van der Waals surface area contributed by atoms with Crippen LogP contribution >= 0.6 is 0 Å². The third-order valence-electron chi connectivity index (χ3n) is 4.49. The molecule has 0 saturated carbocycles. The molecule has 2 aliphatic rings. The Morgan fingerprint density at radius 2 is 2.12 bits per heavy atom.